The van der Waals surface area contributed by atoms with Crippen LogP contribution in [-0.4, -0.2) is 24.4 Å². The number of ketones is 1. The molecule has 0 bridgehead atoms. The molecule has 1 heterocycles. The van der Waals surface area contributed by atoms with E-state index in [9.17, 15) is 4.79 Å². The van der Waals surface area contributed by atoms with Crippen molar-refractivity contribution in [2.24, 2.45) is 0 Å². The van der Waals surface area contributed by atoms with Crippen LogP contribution in [-0.2, 0) is 0 Å². The van der Waals surface area contributed by atoms with Gasteiger partial charge in [-0.3, -0.25) is 4.79 Å². The number of H-pyrrole nitrogens is 1. The minimum absolute atomic E-state index is 0.0979. The van der Waals surface area contributed by atoms with Gasteiger partial charge in [0.1, 0.15) is 0 Å². The molecule has 0 amide bonds. The summed E-state index contributed by atoms with van der Waals surface area (Å²) >= 11 is 0. The average molecular weight is 228 g/mol. The number of carbonyl (C=O) groups is 1. The highest BCUT2D eigenvalue weighted by Gasteiger charge is 2.11. The first kappa shape index (κ1) is 11.5. The molecule has 88 valence electrons. The molecule has 3 heteroatoms. The first-order chi connectivity index (χ1) is 8.18. The lowest BCUT2D eigenvalue weighted by Crippen LogP contribution is -2.26. The van der Waals surface area contributed by atoms with E-state index < -0.39 is 0 Å². The van der Waals surface area contributed by atoms with Crippen molar-refractivity contribution in [1.29, 1.82) is 0 Å². The molecule has 0 radical (unpaired) electrons. The SMILES string of the molecule is Cc1ccccc1N(C)CC(=O)c1ccc[nH]1. The van der Waals surface area contributed by atoms with Crippen molar-refractivity contribution in [2.75, 3.05) is 18.5 Å². The van der Waals surface area contributed by atoms with Gasteiger partial charge in [0, 0.05) is 18.9 Å². The van der Waals surface area contributed by atoms with E-state index in [1.54, 1.807) is 12.3 Å². The molecule has 1 aromatic heterocycles. The first-order valence-electron chi connectivity index (χ1n) is 5.62. The maximum absolute atomic E-state index is 11.9. The van der Waals surface area contributed by atoms with E-state index in [0.717, 1.165) is 5.69 Å². The van der Waals surface area contributed by atoms with Gasteiger partial charge in [-0.15, -0.1) is 0 Å². The van der Waals surface area contributed by atoms with Gasteiger partial charge in [0.15, 0.2) is 5.78 Å². The van der Waals surface area contributed by atoms with Gasteiger partial charge >= 0.3 is 0 Å². The number of anilines is 1. The molecule has 17 heavy (non-hydrogen) atoms. The summed E-state index contributed by atoms with van der Waals surface area (Å²) in [5.41, 5.74) is 2.92. The zero-order valence-electron chi connectivity index (χ0n) is 10.1. The number of carbonyl (C=O) groups excluding carboxylic acids is 1. The molecule has 0 aliphatic carbocycles. The average Bonchev–Trinajstić information content (AvgIpc) is 2.82. The Hall–Kier alpha value is -2.03. The fraction of sp³-hybridized carbons (Fsp3) is 0.214. The molecule has 0 saturated heterocycles. The molecule has 1 aromatic carbocycles. The number of benzene rings is 1. The van der Waals surface area contributed by atoms with Crippen molar-refractivity contribution in [3.8, 4) is 0 Å². The van der Waals surface area contributed by atoms with Crippen molar-refractivity contribution in [3.63, 3.8) is 0 Å². The van der Waals surface area contributed by atoms with Crippen molar-refractivity contribution in [1.82, 2.24) is 4.98 Å². The van der Waals surface area contributed by atoms with Crippen LogP contribution < -0.4 is 4.90 Å². The normalized spacial score (nSPS) is 10.2. The van der Waals surface area contributed by atoms with Gasteiger partial charge in [0.05, 0.1) is 12.2 Å². The van der Waals surface area contributed by atoms with E-state index in [1.807, 2.05) is 49.2 Å². The van der Waals surface area contributed by atoms with Crippen LogP contribution in [0.25, 0.3) is 0 Å². The Kier molecular flexibility index (Phi) is 3.28. The third-order valence-electron chi connectivity index (χ3n) is 2.81. The minimum Gasteiger partial charge on any atom is -0.367 e. The quantitative estimate of drug-likeness (QED) is 0.817. The molecule has 0 fully saturated rings. The Morgan fingerprint density at radius 1 is 1.24 bits per heavy atom. The number of nitrogens with zero attached hydrogens (tertiary/aromatic N) is 1. The predicted octanol–water partition coefficient (Wildman–Crippen LogP) is 2.64. The second kappa shape index (κ2) is 4.87. The zero-order chi connectivity index (χ0) is 12.3. The molecule has 0 aliphatic heterocycles. The number of hydrogen-bond acceptors (Lipinski definition) is 2. The van der Waals surface area contributed by atoms with Crippen LogP contribution in [0, 0.1) is 6.92 Å². The molecule has 0 aliphatic rings. The monoisotopic (exact) mass is 228 g/mol. The summed E-state index contributed by atoms with van der Waals surface area (Å²) in [5, 5.41) is 0. The van der Waals surface area contributed by atoms with Gasteiger partial charge in [-0.1, -0.05) is 18.2 Å². The topological polar surface area (TPSA) is 36.1 Å². The number of hydrogen-bond donors (Lipinski definition) is 1. The number of rotatable bonds is 4. The number of aromatic amines is 1. The lowest BCUT2D eigenvalue weighted by molar-refractivity contribution is 0.0996. The summed E-state index contributed by atoms with van der Waals surface area (Å²) < 4.78 is 0. The van der Waals surface area contributed by atoms with Gasteiger partial charge in [0.2, 0.25) is 0 Å². The Morgan fingerprint density at radius 3 is 2.65 bits per heavy atom. The van der Waals surface area contributed by atoms with Crippen molar-refractivity contribution < 1.29 is 4.79 Å². The number of Topliss-reactive ketones (excluding diaryl/α,β-unsaturated/α-hetero) is 1. The Balaban J connectivity index is 2.10. The molecule has 0 unspecified atom stereocenters. The Morgan fingerprint density at radius 2 is 2.00 bits per heavy atom. The third-order valence-corrected chi connectivity index (χ3v) is 2.81. The molecular weight excluding hydrogens is 212 g/mol. The van der Waals surface area contributed by atoms with Crippen LogP contribution in [0.1, 0.15) is 16.1 Å². The molecule has 1 N–H and O–H groups in total. The van der Waals surface area contributed by atoms with E-state index in [2.05, 4.69) is 4.98 Å². The van der Waals surface area contributed by atoms with E-state index in [1.165, 1.54) is 5.56 Å². The number of aryl methyl sites for hydroxylation is 1. The number of nitrogens with one attached hydrogen (secondary N) is 1. The molecular formula is C14H16N2O. The van der Waals surface area contributed by atoms with Crippen LogP contribution in [0.5, 0.6) is 0 Å². The second-order valence-corrected chi connectivity index (χ2v) is 4.15. The van der Waals surface area contributed by atoms with E-state index >= 15 is 0 Å². The zero-order valence-corrected chi connectivity index (χ0v) is 10.1. The van der Waals surface area contributed by atoms with Crippen LogP contribution >= 0.6 is 0 Å². The highest BCUT2D eigenvalue weighted by atomic mass is 16.1. The highest BCUT2D eigenvalue weighted by molar-refractivity contribution is 5.97. The first-order valence-corrected chi connectivity index (χ1v) is 5.62. The fourth-order valence-electron chi connectivity index (χ4n) is 1.88. The smallest absolute Gasteiger partial charge is 0.198 e. The maximum Gasteiger partial charge on any atom is 0.198 e. The minimum atomic E-state index is 0.0979. The number of para-hydroxylation sites is 1. The van der Waals surface area contributed by atoms with Crippen molar-refractivity contribution >= 4 is 11.5 Å². The van der Waals surface area contributed by atoms with Gasteiger partial charge in [0.25, 0.3) is 0 Å². The summed E-state index contributed by atoms with van der Waals surface area (Å²) in [5.74, 6) is 0.0979. The Labute approximate surface area is 101 Å². The summed E-state index contributed by atoms with van der Waals surface area (Å²) in [6, 6.07) is 11.7. The fourth-order valence-corrected chi connectivity index (χ4v) is 1.88. The lowest BCUT2D eigenvalue weighted by atomic mass is 10.1. The Bertz CT molecular complexity index is 503. The summed E-state index contributed by atoms with van der Waals surface area (Å²) in [6.45, 7) is 2.43. The largest absolute Gasteiger partial charge is 0.367 e. The summed E-state index contributed by atoms with van der Waals surface area (Å²) in [6.07, 6.45) is 1.76. The van der Waals surface area contributed by atoms with Crippen LogP contribution in [0.3, 0.4) is 0 Å². The van der Waals surface area contributed by atoms with E-state index in [0.29, 0.717) is 12.2 Å². The van der Waals surface area contributed by atoms with Gasteiger partial charge in [-0.2, -0.15) is 0 Å². The maximum atomic E-state index is 11.9. The summed E-state index contributed by atoms with van der Waals surface area (Å²) in [4.78, 5) is 16.8. The second-order valence-electron chi connectivity index (χ2n) is 4.15. The van der Waals surface area contributed by atoms with Crippen molar-refractivity contribution in [2.45, 2.75) is 6.92 Å². The standard InChI is InChI=1S/C14H16N2O/c1-11-6-3-4-8-13(11)16(2)10-14(17)12-7-5-9-15-12/h3-9,15H,10H2,1-2H3. The molecule has 0 atom stereocenters. The third kappa shape index (κ3) is 2.56. The van der Waals surface area contributed by atoms with Gasteiger partial charge in [-0.25, -0.2) is 0 Å². The van der Waals surface area contributed by atoms with Gasteiger partial charge < -0.3 is 9.88 Å². The number of likely N-dealkylation sites (N-methyl/N-ethyl adjacent to an activating group) is 1. The van der Waals surface area contributed by atoms with E-state index in [-0.39, 0.29) is 5.78 Å². The highest BCUT2D eigenvalue weighted by Crippen LogP contribution is 2.17. The molecule has 2 aromatic rings. The molecule has 2 rings (SSSR count). The van der Waals surface area contributed by atoms with E-state index in [4.69, 9.17) is 0 Å². The van der Waals surface area contributed by atoms with Crippen molar-refractivity contribution in [3.05, 3.63) is 53.9 Å². The van der Waals surface area contributed by atoms with Gasteiger partial charge in [-0.05, 0) is 30.7 Å². The molecule has 0 spiro atoms. The molecule has 3 nitrogen and oxygen atoms in total. The predicted molar refractivity (Wildman–Crippen MR) is 69.6 cm³/mol. The van der Waals surface area contributed by atoms with Crippen LogP contribution in [0.15, 0.2) is 42.6 Å². The van der Waals surface area contributed by atoms with Crippen LogP contribution in [0.2, 0.25) is 0 Å². The molecule has 0 saturated carbocycles. The lowest BCUT2D eigenvalue weighted by Gasteiger charge is -2.20. The number of aromatic nitrogens is 1. The summed E-state index contributed by atoms with van der Waals surface area (Å²) in [7, 11) is 1.93. The van der Waals surface area contributed by atoms with Crippen LogP contribution in [0.4, 0.5) is 5.69 Å².